The lowest BCUT2D eigenvalue weighted by Gasteiger charge is -1.88. The van der Waals surface area contributed by atoms with E-state index in [2.05, 4.69) is 123 Å². The highest BCUT2D eigenvalue weighted by Gasteiger charge is 1.78. The Kier molecular flexibility index (Phi) is 25.6. The highest BCUT2D eigenvalue weighted by atomic mass is 13.9. The van der Waals surface area contributed by atoms with Crippen LogP contribution in [0.15, 0.2) is 109 Å². The first-order valence-corrected chi connectivity index (χ1v) is 12.3. The molecule has 0 radical (unpaired) electrons. The lowest BCUT2D eigenvalue weighted by molar-refractivity contribution is 1.04. The first-order chi connectivity index (χ1) is 15.4. The minimum atomic E-state index is 1.03. The first-order valence-electron chi connectivity index (χ1n) is 12.3. The zero-order valence-electron chi connectivity index (χ0n) is 20.2. The van der Waals surface area contributed by atoms with Crippen molar-refractivity contribution in [3.8, 4) is 0 Å². The second-order valence-electron chi connectivity index (χ2n) is 7.29. The monoisotopic (exact) mass is 418 g/mol. The summed E-state index contributed by atoms with van der Waals surface area (Å²) < 4.78 is 0. The molecule has 0 nitrogen and oxygen atoms in total. The van der Waals surface area contributed by atoms with Crippen LogP contribution in [0.25, 0.3) is 0 Å². The summed E-state index contributed by atoms with van der Waals surface area (Å²) in [6, 6.07) is 0. The van der Waals surface area contributed by atoms with E-state index in [9.17, 15) is 0 Å². The Balaban J connectivity index is 3.53. The quantitative estimate of drug-likeness (QED) is 0.144. The molecule has 0 heterocycles. The fraction of sp³-hybridized carbons (Fsp3) is 0.419. The van der Waals surface area contributed by atoms with Crippen LogP contribution in [0.3, 0.4) is 0 Å². The van der Waals surface area contributed by atoms with Crippen molar-refractivity contribution >= 4 is 0 Å². The van der Waals surface area contributed by atoms with E-state index < -0.39 is 0 Å². The molecule has 0 heteroatoms. The maximum atomic E-state index is 2.29. The van der Waals surface area contributed by atoms with E-state index in [1.54, 1.807) is 0 Å². The van der Waals surface area contributed by atoms with Crippen molar-refractivity contribution < 1.29 is 0 Å². The number of allylic oxidation sites excluding steroid dienone is 18. The van der Waals surface area contributed by atoms with Crippen molar-refractivity contribution in [2.75, 3.05) is 0 Å². The van der Waals surface area contributed by atoms with E-state index >= 15 is 0 Å². The van der Waals surface area contributed by atoms with Crippen molar-refractivity contribution in [2.45, 2.75) is 84.5 Å². The van der Waals surface area contributed by atoms with Gasteiger partial charge in [0, 0.05) is 0 Å². The SMILES string of the molecule is CCC=CCC=CCC=CCC=CCC=CCCC=CCC=CCC=CCC=CCC. The van der Waals surface area contributed by atoms with Crippen LogP contribution in [-0.2, 0) is 0 Å². The molecule has 31 heavy (non-hydrogen) atoms. The summed E-state index contributed by atoms with van der Waals surface area (Å²) in [5, 5.41) is 0. The average Bonchev–Trinajstić information content (AvgIpc) is 2.78. The number of rotatable bonds is 19. The fourth-order valence-electron chi connectivity index (χ4n) is 2.66. The maximum Gasteiger partial charge on any atom is -0.0169 e. The van der Waals surface area contributed by atoms with Crippen LogP contribution in [0.5, 0.6) is 0 Å². The van der Waals surface area contributed by atoms with E-state index in [4.69, 9.17) is 0 Å². The summed E-state index contributed by atoms with van der Waals surface area (Å²) >= 11 is 0. The third-order valence-corrected chi connectivity index (χ3v) is 4.38. The van der Waals surface area contributed by atoms with Gasteiger partial charge in [-0.25, -0.2) is 0 Å². The Labute approximate surface area is 193 Å². The highest BCUT2D eigenvalue weighted by molar-refractivity contribution is 5.02. The molecule has 0 rings (SSSR count). The van der Waals surface area contributed by atoms with Gasteiger partial charge in [0.2, 0.25) is 0 Å². The Hall–Kier alpha value is -2.34. The summed E-state index contributed by atoms with van der Waals surface area (Å²) in [6.07, 6.45) is 52.2. The van der Waals surface area contributed by atoms with Gasteiger partial charge in [0.15, 0.2) is 0 Å². The molecule has 170 valence electrons. The summed E-state index contributed by atoms with van der Waals surface area (Å²) in [7, 11) is 0. The van der Waals surface area contributed by atoms with Crippen molar-refractivity contribution in [1.82, 2.24) is 0 Å². The molecule has 0 aromatic carbocycles. The molecule has 0 aliphatic rings. The van der Waals surface area contributed by atoms with Crippen LogP contribution in [0.2, 0.25) is 0 Å². The van der Waals surface area contributed by atoms with Gasteiger partial charge in [-0.05, 0) is 70.6 Å². The minimum Gasteiger partial charge on any atom is -0.0885 e. The van der Waals surface area contributed by atoms with Crippen LogP contribution in [-0.4, -0.2) is 0 Å². The van der Waals surface area contributed by atoms with E-state index in [1.165, 1.54) is 0 Å². The van der Waals surface area contributed by atoms with Crippen LogP contribution in [0.1, 0.15) is 84.5 Å². The molecule has 0 aliphatic carbocycles. The Bertz CT molecular complexity index is 614. The van der Waals surface area contributed by atoms with Crippen molar-refractivity contribution in [3.63, 3.8) is 0 Å². The fourth-order valence-corrected chi connectivity index (χ4v) is 2.66. The summed E-state index contributed by atoms with van der Waals surface area (Å²) in [5.41, 5.74) is 0. The van der Waals surface area contributed by atoms with Gasteiger partial charge in [0.05, 0.1) is 0 Å². The van der Waals surface area contributed by atoms with Gasteiger partial charge in [-0.15, -0.1) is 0 Å². The third kappa shape index (κ3) is 27.7. The number of unbranched alkanes of at least 4 members (excludes halogenated alkanes) is 1. The number of hydrogen-bond acceptors (Lipinski definition) is 0. The molecule has 0 aliphatic heterocycles. The second kappa shape index (κ2) is 27.7. The lowest BCUT2D eigenvalue weighted by atomic mass is 10.2. The molecule has 0 aromatic heterocycles. The first kappa shape index (κ1) is 28.7. The highest BCUT2D eigenvalue weighted by Crippen LogP contribution is 1.99. The zero-order valence-corrected chi connectivity index (χ0v) is 20.2. The molecule has 0 unspecified atom stereocenters. The molecule has 0 atom stereocenters. The predicted octanol–water partition coefficient (Wildman–Crippen LogP) is 10.3. The van der Waals surface area contributed by atoms with E-state index in [-0.39, 0.29) is 0 Å². The van der Waals surface area contributed by atoms with E-state index in [0.29, 0.717) is 0 Å². The summed E-state index contributed by atoms with van der Waals surface area (Å²) in [5.74, 6) is 0. The smallest absolute Gasteiger partial charge is 0.0169 e. The van der Waals surface area contributed by atoms with E-state index in [0.717, 1.165) is 70.6 Å². The second-order valence-corrected chi connectivity index (χ2v) is 7.29. The predicted molar refractivity (Wildman–Crippen MR) is 144 cm³/mol. The average molecular weight is 419 g/mol. The van der Waals surface area contributed by atoms with Gasteiger partial charge in [-0.2, -0.15) is 0 Å². The molecule has 0 saturated carbocycles. The topological polar surface area (TPSA) is 0 Å². The standard InChI is InChI=1S/C31H46/c1-3-5-7-9-11-13-15-17-19-21-23-25-27-29-31-30-28-26-24-22-20-18-16-14-12-10-8-6-4-2/h5-8,11-14,17-20,23-26,29,31H,3-4,9-10,15-16,21-22,27-28,30H2,1-2H3. The summed E-state index contributed by atoms with van der Waals surface area (Å²) in [4.78, 5) is 0. The molecule has 0 saturated heterocycles. The summed E-state index contributed by atoms with van der Waals surface area (Å²) in [6.45, 7) is 4.33. The van der Waals surface area contributed by atoms with Gasteiger partial charge < -0.3 is 0 Å². The largest absolute Gasteiger partial charge is 0.0885 e. The van der Waals surface area contributed by atoms with Crippen molar-refractivity contribution in [2.24, 2.45) is 0 Å². The normalized spacial score (nSPS) is 13.7. The molecule has 0 N–H and O–H groups in total. The van der Waals surface area contributed by atoms with Gasteiger partial charge >= 0.3 is 0 Å². The van der Waals surface area contributed by atoms with Crippen molar-refractivity contribution in [3.05, 3.63) is 109 Å². The molecule has 0 spiro atoms. The number of hydrogen-bond donors (Lipinski definition) is 0. The van der Waals surface area contributed by atoms with Gasteiger partial charge in [0.1, 0.15) is 0 Å². The Morgan fingerprint density at radius 1 is 0.258 bits per heavy atom. The van der Waals surface area contributed by atoms with Crippen LogP contribution < -0.4 is 0 Å². The van der Waals surface area contributed by atoms with Crippen molar-refractivity contribution in [1.29, 1.82) is 0 Å². The Morgan fingerprint density at radius 2 is 0.452 bits per heavy atom. The van der Waals surface area contributed by atoms with Gasteiger partial charge in [-0.3, -0.25) is 0 Å². The molecule has 0 fully saturated rings. The van der Waals surface area contributed by atoms with E-state index in [1.807, 2.05) is 0 Å². The molecular formula is C31H46. The maximum absolute atomic E-state index is 2.29. The van der Waals surface area contributed by atoms with Crippen LogP contribution in [0, 0.1) is 0 Å². The van der Waals surface area contributed by atoms with Crippen LogP contribution >= 0.6 is 0 Å². The van der Waals surface area contributed by atoms with Gasteiger partial charge in [0.25, 0.3) is 0 Å². The molecular weight excluding hydrogens is 372 g/mol. The molecule has 0 bridgehead atoms. The Morgan fingerprint density at radius 3 is 0.677 bits per heavy atom. The minimum absolute atomic E-state index is 1.03. The molecule has 0 amide bonds. The zero-order chi connectivity index (χ0) is 22.5. The molecule has 0 aromatic rings. The van der Waals surface area contributed by atoms with Crippen LogP contribution in [0.4, 0.5) is 0 Å². The third-order valence-electron chi connectivity index (χ3n) is 4.38. The lowest BCUT2D eigenvalue weighted by Crippen LogP contribution is -1.67. The van der Waals surface area contributed by atoms with Gasteiger partial charge in [-0.1, -0.05) is 123 Å².